The molecule has 0 saturated heterocycles. The number of thiazole rings is 1. The third kappa shape index (κ3) is 6.16. The van der Waals surface area contributed by atoms with Crippen LogP contribution < -0.4 is 15.8 Å². The van der Waals surface area contributed by atoms with E-state index < -0.39 is 0 Å². The van der Waals surface area contributed by atoms with E-state index in [0.717, 1.165) is 0 Å². The average molecular weight is 533 g/mol. The number of nitrogens with zero attached hydrogens (tertiary/aromatic N) is 4. The summed E-state index contributed by atoms with van der Waals surface area (Å²) in [6, 6.07) is 17.6. The number of aromatic nitrogens is 2. The minimum Gasteiger partial charge on any atom is -0.494 e. The molecule has 0 radical (unpaired) electrons. The van der Waals surface area contributed by atoms with Gasteiger partial charge in [-0.3, -0.25) is 0 Å². The number of anilines is 3. The molecular formula is C26H21FN6O2S2. The number of thioether (sulfide) groups is 1. The fraction of sp³-hybridized carbons (Fsp3) is 0.154. The summed E-state index contributed by atoms with van der Waals surface area (Å²) in [7, 11) is 0. The predicted octanol–water partition coefficient (Wildman–Crippen LogP) is 5.47. The van der Waals surface area contributed by atoms with Crippen LogP contribution in [0, 0.1) is 28.5 Å². The number of ether oxygens (including phenoxy) is 1. The van der Waals surface area contributed by atoms with E-state index in [4.69, 9.17) is 15.6 Å². The van der Waals surface area contributed by atoms with Crippen LogP contribution in [0.3, 0.4) is 0 Å². The lowest BCUT2D eigenvalue weighted by atomic mass is 9.97. The molecule has 2 aromatic carbocycles. The molecule has 0 aliphatic heterocycles. The lowest BCUT2D eigenvalue weighted by Crippen LogP contribution is -2.04. The zero-order valence-corrected chi connectivity index (χ0v) is 21.1. The summed E-state index contributed by atoms with van der Waals surface area (Å²) in [4.78, 5) is 8.82. The van der Waals surface area contributed by atoms with Crippen LogP contribution in [0.2, 0.25) is 0 Å². The Bertz CT molecular complexity index is 1480. The molecule has 0 unspecified atom stereocenters. The lowest BCUT2D eigenvalue weighted by Gasteiger charge is -2.13. The second kappa shape index (κ2) is 12.2. The SMILES string of the molecule is N#Cc1c(N)nc(SCc2csc(Nc3ccccc3F)n2)c(C#N)c1-c1ccc(OCCCO)cc1. The van der Waals surface area contributed by atoms with Crippen LogP contribution in [0.1, 0.15) is 23.2 Å². The summed E-state index contributed by atoms with van der Waals surface area (Å²) >= 11 is 2.61. The smallest absolute Gasteiger partial charge is 0.187 e. The Hall–Kier alpha value is -4.16. The molecule has 0 aliphatic rings. The number of hydrogen-bond acceptors (Lipinski definition) is 10. The number of nitrogens with two attached hydrogens (primary N) is 1. The van der Waals surface area contributed by atoms with Crippen molar-refractivity contribution in [2.75, 3.05) is 24.3 Å². The maximum Gasteiger partial charge on any atom is 0.187 e. The zero-order chi connectivity index (χ0) is 26.2. The van der Waals surface area contributed by atoms with Crippen LogP contribution >= 0.6 is 23.1 Å². The van der Waals surface area contributed by atoms with Crippen molar-refractivity contribution in [2.24, 2.45) is 0 Å². The molecule has 11 heteroatoms. The minimum absolute atomic E-state index is 0.0301. The Morgan fingerprint density at radius 3 is 2.54 bits per heavy atom. The number of rotatable bonds is 10. The first-order chi connectivity index (χ1) is 18.0. The Morgan fingerprint density at radius 2 is 1.84 bits per heavy atom. The molecule has 8 nitrogen and oxygen atoms in total. The molecule has 186 valence electrons. The van der Waals surface area contributed by atoms with Crippen LogP contribution in [0.4, 0.5) is 21.0 Å². The zero-order valence-electron chi connectivity index (χ0n) is 19.4. The maximum absolute atomic E-state index is 13.9. The number of aliphatic hydroxyl groups excluding tert-OH is 1. The van der Waals surface area contributed by atoms with E-state index in [1.807, 2.05) is 5.38 Å². The molecule has 0 bridgehead atoms. The highest BCUT2D eigenvalue weighted by Gasteiger charge is 2.21. The number of nitriles is 2. The first-order valence-electron chi connectivity index (χ1n) is 11.1. The van der Waals surface area contributed by atoms with Crippen molar-refractivity contribution in [2.45, 2.75) is 17.2 Å². The Kier molecular flexibility index (Phi) is 8.54. The molecule has 0 fully saturated rings. The van der Waals surface area contributed by atoms with Gasteiger partial charge >= 0.3 is 0 Å². The van der Waals surface area contributed by atoms with Gasteiger partial charge in [0.1, 0.15) is 40.1 Å². The van der Waals surface area contributed by atoms with Gasteiger partial charge in [0, 0.05) is 29.7 Å². The molecule has 0 atom stereocenters. The first kappa shape index (κ1) is 25.9. The number of nitrogen functional groups attached to an aromatic ring is 1. The third-order valence-corrected chi connectivity index (χ3v) is 6.97. The molecule has 37 heavy (non-hydrogen) atoms. The first-order valence-corrected chi connectivity index (χ1v) is 13.0. The van der Waals surface area contributed by atoms with Crippen LogP contribution in [0.15, 0.2) is 58.9 Å². The van der Waals surface area contributed by atoms with Crippen molar-refractivity contribution in [1.29, 1.82) is 10.5 Å². The van der Waals surface area contributed by atoms with Crippen LogP contribution in [0.5, 0.6) is 5.75 Å². The fourth-order valence-corrected chi connectivity index (χ4v) is 5.13. The maximum atomic E-state index is 13.9. The van der Waals surface area contributed by atoms with E-state index in [-0.39, 0.29) is 29.4 Å². The van der Waals surface area contributed by atoms with Crippen molar-refractivity contribution in [1.82, 2.24) is 9.97 Å². The van der Waals surface area contributed by atoms with Crippen LogP contribution in [-0.2, 0) is 5.75 Å². The predicted molar refractivity (Wildman–Crippen MR) is 142 cm³/mol. The number of para-hydroxylation sites is 1. The molecular weight excluding hydrogens is 511 g/mol. The average Bonchev–Trinajstić information content (AvgIpc) is 3.36. The monoisotopic (exact) mass is 532 g/mol. The lowest BCUT2D eigenvalue weighted by molar-refractivity contribution is 0.233. The van der Waals surface area contributed by atoms with Crippen molar-refractivity contribution in [3.63, 3.8) is 0 Å². The highest BCUT2D eigenvalue weighted by atomic mass is 32.2. The molecule has 4 aromatic rings. The number of hydrogen-bond donors (Lipinski definition) is 3. The molecule has 0 amide bonds. The van der Waals surface area contributed by atoms with Gasteiger partial charge < -0.3 is 20.9 Å². The summed E-state index contributed by atoms with van der Waals surface area (Å²) in [5.74, 6) is 0.651. The molecule has 4 rings (SSSR count). The fourth-order valence-electron chi connectivity index (χ4n) is 3.41. The van der Waals surface area contributed by atoms with Gasteiger partial charge in [-0.05, 0) is 29.8 Å². The van der Waals surface area contributed by atoms with Crippen molar-refractivity contribution >= 4 is 39.7 Å². The van der Waals surface area contributed by atoms with Gasteiger partial charge in [-0.15, -0.1) is 11.3 Å². The second-order valence-corrected chi connectivity index (χ2v) is 9.46. The van der Waals surface area contributed by atoms with E-state index in [0.29, 0.717) is 57.2 Å². The summed E-state index contributed by atoms with van der Waals surface area (Å²) in [5.41, 5.74) is 8.56. The number of pyridine rings is 1. The van der Waals surface area contributed by atoms with Crippen molar-refractivity contribution in [3.05, 3.63) is 76.5 Å². The molecule has 0 saturated carbocycles. The van der Waals surface area contributed by atoms with Gasteiger partial charge in [0.2, 0.25) is 0 Å². The van der Waals surface area contributed by atoms with Crippen molar-refractivity contribution < 1.29 is 14.2 Å². The minimum atomic E-state index is -0.373. The summed E-state index contributed by atoms with van der Waals surface area (Å²) in [6.07, 6.45) is 0.514. The molecule has 4 N–H and O–H groups in total. The largest absolute Gasteiger partial charge is 0.494 e. The molecule has 2 heterocycles. The molecule has 0 spiro atoms. The topological polar surface area (TPSA) is 141 Å². The van der Waals surface area contributed by atoms with E-state index in [2.05, 4.69) is 27.4 Å². The van der Waals surface area contributed by atoms with Gasteiger partial charge in [0.15, 0.2) is 5.13 Å². The molecule has 2 aromatic heterocycles. The second-order valence-electron chi connectivity index (χ2n) is 7.64. The number of nitrogens with one attached hydrogen (secondary N) is 1. The standard InChI is InChI=1S/C26H21FN6O2S2/c27-21-4-1-2-5-22(21)32-26-31-17(15-37-26)14-36-25-20(13-29)23(19(12-28)24(30)33-25)16-6-8-18(9-7-16)35-11-3-10-34/h1-2,4-9,15,34H,3,10-11,14H2,(H2,30,33)(H,31,32). The van der Waals surface area contributed by atoms with E-state index >= 15 is 0 Å². The van der Waals surface area contributed by atoms with Gasteiger partial charge in [0.05, 0.1) is 23.6 Å². The highest BCUT2D eigenvalue weighted by Crippen LogP contribution is 2.37. The summed E-state index contributed by atoms with van der Waals surface area (Å²) in [5, 5.41) is 34.4. The van der Waals surface area contributed by atoms with E-state index in [9.17, 15) is 14.9 Å². The third-order valence-electron chi connectivity index (χ3n) is 5.15. The van der Waals surface area contributed by atoms with Gasteiger partial charge in [-0.2, -0.15) is 10.5 Å². The Morgan fingerprint density at radius 1 is 1.08 bits per heavy atom. The van der Waals surface area contributed by atoms with Crippen LogP contribution in [-0.4, -0.2) is 28.3 Å². The van der Waals surface area contributed by atoms with Gasteiger partial charge in [0.25, 0.3) is 0 Å². The van der Waals surface area contributed by atoms with Gasteiger partial charge in [-0.1, -0.05) is 36.0 Å². The number of aliphatic hydroxyl groups is 1. The normalized spacial score (nSPS) is 10.5. The Labute approximate surface area is 221 Å². The Balaban J connectivity index is 1.57. The van der Waals surface area contributed by atoms with Gasteiger partial charge in [-0.25, -0.2) is 14.4 Å². The number of halogens is 1. The summed E-state index contributed by atoms with van der Waals surface area (Å²) < 4.78 is 19.5. The van der Waals surface area contributed by atoms with E-state index in [1.165, 1.54) is 29.2 Å². The summed E-state index contributed by atoms with van der Waals surface area (Å²) in [6.45, 7) is 0.413. The molecule has 0 aliphatic carbocycles. The number of benzene rings is 2. The van der Waals surface area contributed by atoms with Crippen LogP contribution in [0.25, 0.3) is 11.1 Å². The highest BCUT2D eigenvalue weighted by molar-refractivity contribution is 7.98. The quantitative estimate of drug-likeness (QED) is 0.179. The van der Waals surface area contributed by atoms with Crippen molar-refractivity contribution in [3.8, 4) is 29.0 Å². The van der Waals surface area contributed by atoms with E-state index in [1.54, 1.807) is 42.5 Å².